The molecule has 0 bridgehead atoms. The van der Waals surface area contributed by atoms with Gasteiger partial charge in [0.15, 0.2) is 0 Å². The molecule has 20 heavy (non-hydrogen) atoms. The van der Waals surface area contributed by atoms with E-state index in [0.29, 0.717) is 12.8 Å². The Balaban J connectivity index is 2.95. The van der Waals surface area contributed by atoms with Crippen molar-refractivity contribution in [2.45, 2.75) is 37.2 Å². The van der Waals surface area contributed by atoms with Gasteiger partial charge < -0.3 is 14.8 Å². The van der Waals surface area contributed by atoms with Gasteiger partial charge in [0.05, 0.1) is 5.60 Å². The minimum Gasteiger partial charge on any atom is -0.477 e. The zero-order chi connectivity index (χ0) is 15.6. The molecule has 0 fully saturated rings. The second-order valence-corrected chi connectivity index (χ2v) is 6.50. The Bertz CT molecular complexity index is 587. The molecule has 0 aliphatic heterocycles. The second kappa shape index (κ2) is 5.94. The first kappa shape index (κ1) is 16.7. The summed E-state index contributed by atoms with van der Waals surface area (Å²) >= 11 is 0. The molecule has 3 N–H and O–H groups in total. The quantitative estimate of drug-likeness (QED) is 0.682. The van der Waals surface area contributed by atoms with Gasteiger partial charge >= 0.3 is 5.97 Å². The summed E-state index contributed by atoms with van der Waals surface area (Å²) in [4.78, 5) is 10.8. The van der Waals surface area contributed by atoms with Crippen molar-refractivity contribution in [1.29, 1.82) is 0 Å². The Kier molecular flexibility index (Phi) is 4.95. The first-order chi connectivity index (χ1) is 9.15. The maximum Gasteiger partial charge on any atom is 0.352 e. The highest BCUT2D eigenvalue weighted by Crippen LogP contribution is 2.17. The van der Waals surface area contributed by atoms with Gasteiger partial charge in [-0.3, -0.25) is 0 Å². The molecule has 0 unspecified atom stereocenters. The summed E-state index contributed by atoms with van der Waals surface area (Å²) in [5.41, 5.74) is -1.22. The number of hydrogen-bond donors (Lipinski definition) is 3. The van der Waals surface area contributed by atoms with Crippen LogP contribution in [0.2, 0.25) is 0 Å². The van der Waals surface area contributed by atoms with Crippen LogP contribution in [-0.2, 0) is 17.1 Å². The third-order valence-corrected chi connectivity index (χ3v) is 4.78. The van der Waals surface area contributed by atoms with E-state index in [0.717, 1.165) is 6.07 Å². The summed E-state index contributed by atoms with van der Waals surface area (Å²) < 4.78 is 27.7. The first-order valence-corrected chi connectivity index (χ1v) is 7.75. The average molecular weight is 304 g/mol. The fourth-order valence-electron chi connectivity index (χ4n) is 1.71. The number of nitrogens with zero attached hydrogens (tertiary/aromatic N) is 1. The van der Waals surface area contributed by atoms with E-state index in [1.54, 1.807) is 13.8 Å². The summed E-state index contributed by atoms with van der Waals surface area (Å²) in [5, 5.41) is 19.0. The number of rotatable bonds is 7. The van der Waals surface area contributed by atoms with Crippen LogP contribution < -0.4 is 4.72 Å². The first-order valence-electron chi connectivity index (χ1n) is 6.27. The fourth-order valence-corrected chi connectivity index (χ4v) is 2.90. The lowest BCUT2D eigenvalue weighted by Crippen LogP contribution is -2.41. The molecule has 1 aromatic rings. The molecule has 0 radical (unpaired) electrons. The Hall–Kier alpha value is -1.38. The Morgan fingerprint density at radius 1 is 1.40 bits per heavy atom. The number of nitrogens with one attached hydrogen (secondary N) is 1. The van der Waals surface area contributed by atoms with E-state index < -0.39 is 21.6 Å². The van der Waals surface area contributed by atoms with Gasteiger partial charge in [-0.2, -0.15) is 0 Å². The molecular weight excluding hydrogens is 284 g/mol. The van der Waals surface area contributed by atoms with Crippen molar-refractivity contribution >= 4 is 16.0 Å². The maximum absolute atomic E-state index is 12.1. The minimum atomic E-state index is -3.84. The Morgan fingerprint density at radius 2 is 1.95 bits per heavy atom. The van der Waals surface area contributed by atoms with Crippen LogP contribution in [0.15, 0.2) is 17.2 Å². The molecule has 1 aromatic heterocycles. The molecule has 0 aliphatic rings. The van der Waals surface area contributed by atoms with Crippen LogP contribution in [0.3, 0.4) is 0 Å². The molecule has 7 nitrogen and oxygen atoms in total. The van der Waals surface area contributed by atoms with Crippen molar-refractivity contribution in [3.05, 3.63) is 18.0 Å². The predicted octanol–water partition coefficient (Wildman–Crippen LogP) is 0.553. The molecule has 0 aliphatic carbocycles. The number of aryl methyl sites for hydroxylation is 1. The van der Waals surface area contributed by atoms with E-state index in [-0.39, 0.29) is 17.1 Å². The van der Waals surface area contributed by atoms with Crippen molar-refractivity contribution in [2.24, 2.45) is 7.05 Å². The smallest absolute Gasteiger partial charge is 0.352 e. The summed E-state index contributed by atoms with van der Waals surface area (Å²) in [6.07, 6.45) is 2.06. The molecule has 1 rings (SSSR count). The molecule has 1 heterocycles. The monoisotopic (exact) mass is 304 g/mol. The number of hydrogen-bond acceptors (Lipinski definition) is 4. The average Bonchev–Trinajstić information content (AvgIpc) is 2.79. The van der Waals surface area contributed by atoms with Crippen LogP contribution in [0, 0.1) is 0 Å². The van der Waals surface area contributed by atoms with Crippen LogP contribution in [0.5, 0.6) is 0 Å². The van der Waals surface area contributed by atoms with Crippen LogP contribution in [0.1, 0.15) is 37.2 Å². The van der Waals surface area contributed by atoms with E-state index in [9.17, 15) is 18.3 Å². The molecule has 0 atom stereocenters. The highest BCUT2D eigenvalue weighted by Gasteiger charge is 2.26. The van der Waals surface area contributed by atoms with E-state index in [4.69, 9.17) is 5.11 Å². The SMILES string of the molecule is CCC(O)(CC)CNS(=O)(=O)c1cc(C(=O)O)n(C)c1. The largest absolute Gasteiger partial charge is 0.477 e. The molecule has 0 spiro atoms. The highest BCUT2D eigenvalue weighted by atomic mass is 32.2. The zero-order valence-corrected chi connectivity index (χ0v) is 12.6. The molecule has 0 aromatic carbocycles. The standard InChI is InChI=1S/C12H20N2O5S/c1-4-12(17,5-2)8-13-20(18,19)9-6-10(11(15)16)14(3)7-9/h6-7,13,17H,4-5,8H2,1-3H3,(H,15,16). The molecule has 0 saturated heterocycles. The highest BCUT2D eigenvalue weighted by molar-refractivity contribution is 7.89. The Labute approximate surface area is 118 Å². The number of carboxylic acids is 1. The van der Waals surface area contributed by atoms with Crippen molar-refractivity contribution in [3.63, 3.8) is 0 Å². The van der Waals surface area contributed by atoms with Crippen LogP contribution in [0.4, 0.5) is 0 Å². The van der Waals surface area contributed by atoms with Gasteiger partial charge in [-0.05, 0) is 18.9 Å². The minimum absolute atomic E-state index is 0.111. The van der Waals surface area contributed by atoms with Crippen molar-refractivity contribution in [1.82, 2.24) is 9.29 Å². The normalized spacial score (nSPS) is 12.6. The van der Waals surface area contributed by atoms with Crippen molar-refractivity contribution < 1.29 is 23.4 Å². The summed E-state index contributed by atoms with van der Waals surface area (Å²) in [5.74, 6) is -1.20. The van der Waals surface area contributed by atoms with Gasteiger partial charge in [0.1, 0.15) is 10.6 Å². The summed E-state index contributed by atoms with van der Waals surface area (Å²) in [7, 11) is -2.39. The van der Waals surface area contributed by atoms with E-state index in [1.807, 2.05) is 0 Å². The van der Waals surface area contributed by atoms with Crippen molar-refractivity contribution in [3.8, 4) is 0 Å². The molecule has 8 heteroatoms. The molecular formula is C12H20N2O5S. The maximum atomic E-state index is 12.1. The predicted molar refractivity (Wildman–Crippen MR) is 73.1 cm³/mol. The number of sulfonamides is 1. The van der Waals surface area contributed by atoms with Gasteiger partial charge in [-0.1, -0.05) is 13.8 Å². The number of aliphatic hydroxyl groups is 1. The number of carbonyl (C=O) groups is 1. The van der Waals surface area contributed by atoms with Gasteiger partial charge in [0.25, 0.3) is 0 Å². The van der Waals surface area contributed by atoms with E-state index in [2.05, 4.69) is 4.72 Å². The van der Waals surface area contributed by atoms with Gasteiger partial charge in [-0.15, -0.1) is 0 Å². The van der Waals surface area contributed by atoms with Crippen molar-refractivity contribution in [2.75, 3.05) is 6.54 Å². The summed E-state index contributed by atoms with van der Waals surface area (Å²) in [6.45, 7) is 3.42. The lowest BCUT2D eigenvalue weighted by molar-refractivity contribution is 0.0377. The molecule has 0 saturated carbocycles. The van der Waals surface area contributed by atoms with Crippen LogP contribution in [-0.4, -0.2) is 41.3 Å². The molecule has 114 valence electrons. The number of carboxylic acid groups (broad SMARTS) is 1. The number of aromatic nitrogens is 1. The van der Waals surface area contributed by atoms with E-state index in [1.165, 1.54) is 17.8 Å². The van der Waals surface area contributed by atoms with Gasteiger partial charge in [0, 0.05) is 19.8 Å². The fraction of sp³-hybridized carbons (Fsp3) is 0.583. The van der Waals surface area contributed by atoms with E-state index >= 15 is 0 Å². The second-order valence-electron chi connectivity index (χ2n) is 4.73. The lowest BCUT2D eigenvalue weighted by atomic mass is 9.98. The Morgan fingerprint density at radius 3 is 2.35 bits per heavy atom. The lowest BCUT2D eigenvalue weighted by Gasteiger charge is -2.25. The number of aromatic carboxylic acids is 1. The van der Waals surface area contributed by atoms with Crippen LogP contribution in [0.25, 0.3) is 0 Å². The van der Waals surface area contributed by atoms with Gasteiger partial charge in [-0.25, -0.2) is 17.9 Å². The zero-order valence-electron chi connectivity index (χ0n) is 11.8. The third-order valence-electron chi connectivity index (χ3n) is 3.42. The molecule has 0 amide bonds. The van der Waals surface area contributed by atoms with Crippen LogP contribution >= 0.6 is 0 Å². The topological polar surface area (TPSA) is 109 Å². The van der Waals surface area contributed by atoms with Gasteiger partial charge in [0.2, 0.25) is 10.0 Å². The summed E-state index contributed by atoms with van der Waals surface area (Å²) in [6, 6.07) is 1.08. The third kappa shape index (κ3) is 3.59.